The number of halogens is 7. The van der Waals surface area contributed by atoms with Crippen LogP contribution in [0.15, 0.2) is 47.6 Å². The molecule has 7 nitrogen and oxygen atoms in total. The number of alkyl halides is 6. The van der Waals surface area contributed by atoms with E-state index in [0.717, 1.165) is 47.3 Å². The Labute approximate surface area is 206 Å². The van der Waals surface area contributed by atoms with E-state index in [9.17, 15) is 40.3 Å². The molecule has 0 aliphatic carbocycles. The van der Waals surface area contributed by atoms with E-state index < -0.39 is 64.7 Å². The minimum atomic E-state index is -5.39. The van der Waals surface area contributed by atoms with Crippen molar-refractivity contribution in [2.75, 3.05) is 32.6 Å². The van der Waals surface area contributed by atoms with Crippen molar-refractivity contribution in [1.82, 2.24) is 4.90 Å². The number of hydrogen-bond donors (Lipinski definition) is 1. The fourth-order valence-electron chi connectivity index (χ4n) is 2.82. The monoisotopic (exact) mass is 534 g/mol. The smallest absolute Gasteiger partial charge is 0.409 e. The zero-order chi connectivity index (χ0) is 28.1. The fourth-order valence-corrected chi connectivity index (χ4v) is 2.82. The van der Waals surface area contributed by atoms with E-state index in [4.69, 9.17) is 10.5 Å². The van der Waals surface area contributed by atoms with Gasteiger partial charge in [-0.15, -0.1) is 0 Å². The van der Waals surface area contributed by atoms with Crippen LogP contribution in [0.2, 0.25) is 0 Å². The van der Waals surface area contributed by atoms with Gasteiger partial charge in [-0.3, -0.25) is 14.7 Å². The molecule has 0 saturated heterocycles. The first kappa shape index (κ1) is 29.1. The van der Waals surface area contributed by atoms with E-state index in [1.54, 1.807) is 0 Å². The number of amides is 2. The quantitative estimate of drug-likeness (QED) is 0.420. The van der Waals surface area contributed by atoms with E-state index in [0.29, 0.717) is 12.3 Å². The largest absolute Gasteiger partial charge is 0.420 e. The molecule has 2 rings (SSSR count). The van der Waals surface area contributed by atoms with Crippen LogP contribution in [0.25, 0.3) is 5.57 Å². The van der Waals surface area contributed by atoms with Gasteiger partial charge in [-0.25, -0.2) is 9.18 Å². The molecule has 2 aromatic carbocycles. The standard InChI is InChI=1S/C23H21F7N4O3/c1-33(2)19(35)12-32-11-13(10-31)17-8-14(22(25,26)27)9-18(23(28,29)30)20(17)37-21(36)34(3)16-6-4-15(24)5-7-16/h4-11H,12,31H2,1-3H3. The third-order valence-electron chi connectivity index (χ3n) is 4.85. The van der Waals surface area contributed by atoms with Gasteiger partial charge >= 0.3 is 18.4 Å². The highest BCUT2D eigenvalue weighted by atomic mass is 19.4. The van der Waals surface area contributed by atoms with Crippen molar-refractivity contribution in [1.29, 1.82) is 0 Å². The molecular formula is C23H21F7N4O3. The van der Waals surface area contributed by atoms with E-state index >= 15 is 0 Å². The minimum Gasteiger partial charge on any atom is -0.409 e. The SMILES string of the molecule is CN(C)C(=O)CN=CC(=CN)c1cc(C(F)(F)F)cc(C(F)(F)F)c1OC(=O)N(C)c1ccc(F)cc1. The molecule has 0 unspecified atom stereocenters. The molecule has 2 N–H and O–H groups in total. The van der Waals surface area contributed by atoms with Crippen molar-refractivity contribution in [2.24, 2.45) is 10.7 Å². The predicted molar refractivity (Wildman–Crippen MR) is 121 cm³/mol. The zero-order valence-electron chi connectivity index (χ0n) is 19.6. The van der Waals surface area contributed by atoms with Gasteiger partial charge in [-0.2, -0.15) is 26.3 Å². The molecule has 0 aliphatic rings. The molecule has 0 radical (unpaired) electrons. The molecule has 0 spiro atoms. The van der Waals surface area contributed by atoms with Crippen LogP contribution in [-0.2, 0) is 17.1 Å². The van der Waals surface area contributed by atoms with Gasteiger partial charge in [-0.05, 0) is 36.4 Å². The Balaban J connectivity index is 2.67. The van der Waals surface area contributed by atoms with Gasteiger partial charge < -0.3 is 15.4 Å². The predicted octanol–water partition coefficient (Wildman–Crippen LogP) is 4.96. The number of nitrogens with two attached hydrogens (primary N) is 1. The van der Waals surface area contributed by atoms with Crippen LogP contribution in [0.1, 0.15) is 16.7 Å². The Morgan fingerprint density at radius 1 is 1.00 bits per heavy atom. The van der Waals surface area contributed by atoms with Gasteiger partial charge in [0.15, 0.2) is 5.75 Å². The van der Waals surface area contributed by atoms with Crippen LogP contribution < -0.4 is 15.4 Å². The Morgan fingerprint density at radius 2 is 1.59 bits per heavy atom. The Morgan fingerprint density at radius 3 is 2.08 bits per heavy atom. The second kappa shape index (κ2) is 11.3. The number of benzene rings is 2. The minimum absolute atomic E-state index is 0.0202. The number of hydrogen-bond acceptors (Lipinski definition) is 5. The molecule has 0 saturated carbocycles. The molecular weight excluding hydrogens is 513 g/mol. The van der Waals surface area contributed by atoms with E-state index in [-0.39, 0.29) is 11.8 Å². The highest BCUT2D eigenvalue weighted by Crippen LogP contribution is 2.44. The lowest BCUT2D eigenvalue weighted by Crippen LogP contribution is -2.30. The lowest BCUT2D eigenvalue weighted by atomic mass is 9.98. The molecule has 200 valence electrons. The Bertz CT molecular complexity index is 1200. The second-order valence-electron chi connectivity index (χ2n) is 7.68. The average molecular weight is 534 g/mol. The lowest BCUT2D eigenvalue weighted by molar-refractivity contribution is -0.143. The highest BCUT2D eigenvalue weighted by Gasteiger charge is 2.41. The summed E-state index contributed by atoms with van der Waals surface area (Å²) in [4.78, 5) is 30.0. The first-order valence-electron chi connectivity index (χ1n) is 10.2. The number of carbonyl (C=O) groups excluding carboxylic acids is 2. The van der Waals surface area contributed by atoms with E-state index in [2.05, 4.69) is 4.99 Å². The summed E-state index contributed by atoms with van der Waals surface area (Å²) < 4.78 is 100. The van der Waals surface area contributed by atoms with E-state index in [1.807, 2.05) is 0 Å². The topological polar surface area (TPSA) is 88.2 Å². The Kier molecular flexibility index (Phi) is 8.90. The summed E-state index contributed by atoms with van der Waals surface area (Å²) in [6.07, 6.45) is -10.6. The number of ether oxygens (including phenoxy) is 1. The van der Waals surface area contributed by atoms with Gasteiger partial charge in [0.05, 0.1) is 11.1 Å². The molecule has 14 heteroatoms. The summed E-state index contributed by atoms with van der Waals surface area (Å²) >= 11 is 0. The maximum Gasteiger partial charge on any atom is 0.420 e. The summed E-state index contributed by atoms with van der Waals surface area (Å²) in [5.74, 6) is -2.44. The molecule has 2 amide bonds. The molecule has 0 aliphatic heterocycles. The number of carbonyl (C=O) groups is 2. The summed E-state index contributed by atoms with van der Waals surface area (Å²) in [6, 6.07) is 4.33. The van der Waals surface area contributed by atoms with Gasteiger partial charge in [-0.1, -0.05) is 0 Å². The first-order valence-corrected chi connectivity index (χ1v) is 10.2. The summed E-state index contributed by atoms with van der Waals surface area (Å²) in [7, 11) is 3.92. The number of anilines is 1. The number of likely N-dealkylation sites (N-methyl/N-ethyl adjacent to an activating group) is 1. The fraction of sp³-hybridized carbons (Fsp3) is 0.261. The van der Waals surface area contributed by atoms with Gasteiger partial charge in [0.2, 0.25) is 5.91 Å². The normalized spacial score (nSPS) is 12.5. The van der Waals surface area contributed by atoms with Crippen molar-refractivity contribution in [3.05, 3.63) is 65.1 Å². The maximum atomic E-state index is 13.9. The molecule has 0 atom stereocenters. The molecule has 0 aromatic heterocycles. The highest BCUT2D eigenvalue weighted by molar-refractivity contribution is 6.11. The zero-order valence-corrected chi connectivity index (χ0v) is 19.6. The number of rotatable bonds is 6. The molecule has 0 fully saturated rings. The first-order chi connectivity index (χ1) is 17.1. The third-order valence-corrected chi connectivity index (χ3v) is 4.85. The molecule has 2 aromatic rings. The third kappa shape index (κ3) is 7.44. The summed E-state index contributed by atoms with van der Waals surface area (Å²) in [6.45, 7) is -0.488. The van der Waals surface area contributed by atoms with Crippen molar-refractivity contribution >= 4 is 29.5 Å². The van der Waals surface area contributed by atoms with Crippen molar-refractivity contribution < 1.29 is 45.1 Å². The molecule has 37 heavy (non-hydrogen) atoms. The number of nitrogens with zero attached hydrogens (tertiary/aromatic N) is 3. The van der Waals surface area contributed by atoms with Crippen LogP contribution in [0.4, 0.5) is 41.2 Å². The van der Waals surface area contributed by atoms with Gasteiger partial charge in [0.25, 0.3) is 0 Å². The maximum absolute atomic E-state index is 13.9. The van der Waals surface area contributed by atoms with Crippen molar-refractivity contribution in [3.63, 3.8) is 0 Å². The average Bonchev–Trinajstić information content (AvgIpc) is 2.80. The van der Waals surface area contributed by atoms with Crippen molar-refractivity contribution in [2.45, 2.75) is 12.4 Å². The number of aliphatic imine (C=N–C) groups is 1. The van der Waals surface area contributed by atoms with Crippen LogP contribution in [0.5, 0.6) is 5.75 Å². The van der Waals surface area contributed by atoms with Crippen LogP contribution in [0, 0.1) is 5.82 Å². The second-order valence-corrected chi connectivity index (χ2v) is 7.68. The summed E-state index contributed by atoms with van der Waals surface area (Å²) in [5, 5.41) is 0. The Hall–Kier alpha value is -4.10. The van der Waals surface area contributed by atoms with E-state index in [1.165, 1.54) is 14.1 Å². The lowest BCUT2D eigenvalue weighted by Gasteiger charge is -2.22. The molecule has 0 bridgehead atoms. The molecule has 0 heterocycles. The van der Waals surface area contributed by atoms with Gasteiger partial charge in [0.1, 0.15) is 12.4 Å². The number of allylic oxidation sites excluding steroid dienone is 1. The van der Waals surface area contributed by atoms with Crippen LogP contribution in [-0.4, -0.2) is 50.8 Å². The summed E-state index contributed by atoms with van der Waals surface area (Å²) in [5.41, 5.74) is 0.539. The van der Waals surface area contributed by atoms with Crippen LogP contribution >= 0.6 is 0 Å². The van der Waals surface area contributed by atoms with Gasteiger partial charge in [0, 0.05) is 50.4 Å². The van der Waals surface area contributed by atoms with Crippen molar-refractivity contribution in [3.8, 4) is 5.75 Å². The van der Waals surface area contributed by atoms with Crippen LogP contribution in [0.3, 0.4) is 0 Å².